The third-order valence-corrected chi connectivity index (χ3v) is 2.49. The van der Waals surface area contributed by atoms with Crippen LogP contribution < -0.4 is 0 Å². The number of carbonyl (C=O) groups is 1. The molecule has 1 amide bonds. The first-order valence-electron chi connectivity index (χ1n) is 4.50. The van der Waals surface area contributed by atoms with Gasteiger partial charge in [-0.1, -0.05) is 11.6 Å². The molecule has 0 atom stereocenters. The molecule has 73 valence electrons. The molecular formula is C10H10ClN2O. The van der Waals surface area contributed by atoms with Gasteiger partial charge >= 0.3 is 0 Å². The molecule has 0 aliphatic heterocycles. The minimum Gasteiger partial charge on any atom is -0.337 e. The second kappa shape index (κ2) is 3.58. The summed E-state index contributed by atoms with van der Waals surface area (Å²) >= 11 is 5.65. The molecule has 0 N–H and O–H groups in total. The van der Waals surface area contributed by atoms with Crippen molar-refractivity contribution < 1.29 is 4.79 Å². The lowest BCUT2D eigenvalue weighted by Gasteiger charge is -2.15. The summed E-state index contributed by atoms with van der Waals surface area (Å²) in [6.45, 7) is 0. The number of carbonyl (C=O) groups excluding carboxylic acids is 1. The second-order valence-electron chi connectivity index (χ2n) is 3.41. The van der Waals surface area contributed by atoms with Crippen LogP contribution in [0.3, 0.4) is 0 Å². The molecule has 4 heteroatoms. The van der Waals surface area contributed by atoms with Crippen LogP contribution in [0.5, 0.6) is 0 Å². The van der Waals surface area contributed by atoms with Crippen LogP contribution in [0.25, 0.3) is 0 Å². The molecule has 1 radical (unpaired) electrons. The number of aromatic nitrogens is 1. The average molecular weight is 210 g/mol. The second-order valence-corrected chi connectivity index (χ2v) is 3.77. The van der Waals surface area contributed by atoms with Crippen LogP contribution in [0.2, 0.25) is 5.15 Å². The van der Waals surface area contributed by atoms with Crippen molar-refractivity contribution in [2.24, 2.45) is 0 Å². The van der Waals surface area contributed by atoms with Gasteiger partial charge in [0.05, 0.1) is 0 Å². The lowest BCUT2D eigenvalue weighted by Crippen LogP contribution is -2.29. The highest BCUT2D eigenvalue weighted by Crippen LogP contribution is 2.26. The molecule has 1 saturated carbocycles. The summed E-state index contributed by atoms with van der Waals surface area (Å²) in [6.07, 6.45) is 2.18. The van der Waals surface area contributed by atoms with E-state index in [-0.39, 0.29) is 11.1 Å². The summed E-state index contributed by atoms with van der Waals surface area (Å²) in [5.74, 6) is -0.0663. The van der Waals surface area contributed by atoms with E-state index < -0.39 is 0 Å². The number of pyridine rings is 1. The molecule has 3 nitrogen and oxygen atoms in total. The summed E-state index contributed by atoms with van der Waals surface area (Å²) < 4.78 is 0. The monoisotopic (exact) mass is 209 g/mol. The predicted molar refractivity (Wildman–Crippen MR) is 53.2 cm³/mol. The van der Waals surface area contributed by atoms with Crippen molar-refractivity contribution in [3.05, 3.63) is 29.0 Å². The van der Waals surface area contributed by atoms with Gasteiger partial charge in [0.1, 0.15) is 10.8 Å². The Bertz CT molecular complexity index is 363. The van der Waals surface area contributed by atoms with E-state index in [0.29, 0.717) is 11.7 Å². The molecule has 2 rings (SSSR count). The highest BCUT2D eigenvalue weighted by atomic mass is 35.5. The Hall–Kier alpha value is -1.09. The van der Waals surface area contributed by atoms with Gasteiger partial charge in [-0.05, 0) is 25.0 Å². The number of amides is 1. The zero-order valence-electron chi connectivity index (χ0n) is 7.83. The minimum absolute atomic E-state index is 0.0663. The SMILES string of the molecule is CN(C(=O)c1cc[c]c(Cl)n1)C1CC1. The maximum absolute atomic E-state index is 11.8. The van der Waals surface area contributed by atoms with Crippen LogP contribution in [-0.4, -0.2) is 28.9 Å². The van der Waals surface area contributed by atoms with E-state index in [1.807, 2.05) is 0 Å². The van der Waals surface area contributed by atoms with Crippen LogP contribution in [-0.2, 0) is 0 Å². The van der Waals surface area contributed by atoms with Crippen molar-refractivity contribution in [3.8, 4) is 0 Å². The minimum atomic E-state index is -0.0663. The van der Waals surface area contributed by atoms with Gasteiger partial charge in [-0.15, -0.1) is 0 Å². The Kier molecular flexibility index (Phi) is 2.42. The molecule has 0 aromatic carbocycles. The first-order chi connectivity index (χ1) is 6.68. The highest BCUT2D eigenvalue weighted by molar-refractivity contribution is 6.29. The molecule has 1 fully saturated rings. The summed E-state index contributed by atoms with van der Waals surface area (Å²) in [5.41, 5.74) is 0.392. The molecular weight excluding hydrogens is 200 g/mol. The van der Waals surface area contributed by atoms with E-state index in [1.54, 1.807) is 24.1 Å². The molecule has 0 spiro atoms. The number of nitrogens with zero attached hydrogens (tertiary/aromatic N) is 2. The molecule has 0 bridgehead atoms. The first kappa shape index (κ1) is 9.46. The lowest BCUT2D eigenvalue weighted by atomic mass is 10.3. The standard InChI is InChI=1S/C10H10ClN2O/c1-13(7-5-6-7)10(14)8-3-2-4-9(11)12-8/h2-3,7H,5-6H2,1H3. The van der Waals surface area contributed by atoms with Crippen LogP contribution in [0.15, 0.2) is 12.1 Å². The van der Waals surface area contributed by atoms with E-state index in [2.05, 4.69) is 11.1 Å². The van der Waals surface area contributed by atoms with Gasteiger partial charge in [-0.3, -0.25) is 4.79 Å². The van der Waals surface area contributed by atoms with Crippen molar-refractivity contribution in [3.63, 3.8) is 0 Å². The zero-order valence-corrected chi connectivity index (χ0v) is 8.58. The number of rotatable bonds is 2. The third kappa shape index (κ3) is 1.87. The molecule has 1 heterocycles. The van der Waals surface area contributed by atoms with Gasteiger partial charge in [0, 0.05) is 19.2 Å². The van der Waals surface area contributed by atoms with Gasteiger partial charge in [-0.25, -0.2) is 4.98 Å². The van der Waals surface area contributed by atoms with Gasteiger partial charge in [0.15, 0.2) is 0 Å². The van der Waals surface area contributed by atoms with Gasteiger partial charge in [-0.2, -0.15) is 0 Å². The molecule has 1 aliphatic rings. The summed E-state index contributed by atoms with van der Waals surface area (Å²) in [7, 11) is 1.80. The maximum Gasteiger partial charge on any atom is 0.272 e. The fourth-order valence-corrected chi connectivity index (χ4v) is 1.45. The smallest absolute Gasteiger partial charge is 0.272 e. The van der Waals surface area contributed by atoms with Gasteiger partial charge in [0.25, 0.3) is 5.91 Å². The van der Waals surface area contributed by atoms with E-state index in [4.69, 9.17) is 11.6 Å². The van der Waals surface area contributed by atoms with Crippen LogP contribution in [0.4, 0.5) is 0 Å². The van der Waals surface area contributed by atoms with Gasteiger partial charge in [0.2, 0.25) is 0 Å². The lowest BCUT2D eigenvalue weighted by molar-refractivity contribution is 0.0779. The van der Waals surface area contributed by atoms with E-state index in [1.165, 1.54) is 0 Å². The van der Waals surface area contributed by atoms with Crippen LogP contribution >= 0.6 is 11.6 Å². The number of hydrogen-bond donors (Lipinski definition) is 0. The fourth-order valence-electron chi connectivity index (χ4n) is 1.29. The third-order valence-electron chi connectivity index (χ3n) is 2.30. The van der Waals surface area contributed by atoms with Crippen molar-refractivity contribution in [1.29, 1.82) is 0 Å². The molecule has 1 aliphatic carbocycles. The van der Waals surface area contributed by atoms with E-state index >= 15 is 0 Å². The molecule has 0 unspecified atom stereocenters. The maximum atomic E-state index is 11.8. The Balaban J connectivity index is 2.17. The van der Waals surface area contributed by atoms with Crippen LogP contribution in [0, 0.1) is 6.07 Å². The van der Waals surface area contributed by atoms with Crippen LogP contribution in [0.1, 0.15) is 23.3 Å². The zero-order chi connectivity index (χ0) is 10.1. The predicted octanol–water partition coefficient (Wildman–Crippen LogP) is 1.77. The fraction of sp³-hybridized carbons (Fsp3) is 0.400. The van der Waals surface area contributed by atoms with Gasteiger partial charge < -0.3 is 4.90 Å². The number of hydrogen-bond acceptors (Lipinski definition) is 2. The largest absolute Gasteiger partial charge is 0.337 e. The molecule has 14 heavy (non-hydrogen) atoms. The van der Waals surface area contributed by atoms with Crippen molar-refractivity contribution in [1.82, 2.24) is 9.88 Å². The Morgan fingerprint density at radius 2 is 2.43 bits per heavy atom. The van der Waals surface area contributed by atoms with Crippen molar-refractivity contribution in [2.45, 2.75) is 18.9 Å². The Morgan fingerprint density at radius 3 is 3.00 bits per heavy atom. The summed E-state index contributed by atoms with van der Waals surface area (Å²) in [5, 5.41) is 0.236. The quantitative estimate of drug-likeness (QED) is 0.696. The normalized spacial score (nSPS) is 15.3. The van der Waals surface area contributed by atoms with E-state index in [9.17, 15) is 4.79 Å². The number of halogens is 1. The first-order valence-corrected chi connectivity index (χ1v) is 4.87. The average Bonchev–Trinajstić information content (AvgIpc) is 2.99. The van der Waals surface area contributed by atoms with Crippen molar-refractivity contribution in [2.75, 3.05) is 7.05 Å². The highest BCUT2D eigenvalue weighted by Gasteiger charge is 2.30. The van der Waals surface area contributed by atoms with Crippen molar-refractivity contribution >= 4 is 17.5 Å². The van der Waals surface area contributed by atoms with E-state index in [0.717, 1.165) is 12.8 Å². The molecule has 0 saturated heterocycles. The molecule has 1 aromatic heterocycles. The topological polar surface area (TPSA) is 33.2 Å². The summed E-state index contributed by atoms with van der Waals surface area (Å²) in [4.78, 5) is 17.4. The Morgan fingerprint density at radius 1 is 1.71 bits per heavy atom. The summed E-state index contributed by atoms with van der Waals surface area (Å²) in [6, 6.07) is 6.34. The Labute approximate surface area is 87.7 Å². The molecule has 1 aromatic rings.